The second kappa shape index (κ2) is 5.60. The summed E-state index contributed by atoms with van der Waals surface area (Å²) in [5.41, 5.74) is -0.209. The van der Waals surface area contributed by atoms with Crippen molar-refractivity contribution in [1.29, 1.82) is 0 Å². The van der Waals surface area contributed by atoms with Crippen molar-refractivity contribution in [1.82, 2.24) is 14.9 Å². The molecule has 0 aliphatic rings. The number of hydrogen-bond acceptors (Lipinski definition) is 2. The van der Waals surface area contributed by atoms with Crippen LogP contribution in [0.25, 0.3) is 0 Å². The maximum Gasteiger partial charge on any atom is 0.227 e. The van der Waals surface area contributed by atoms with Gasteiger partial charge in [-0.1, -0.05) is 6.07 Å². The number of carbonyl (C=O) groups is 1. The average Bonchev–Trinajstić information content (AvgIpc) is 2.86. The van der Waals surface area contributed by atoms with E-state index in [0.29, 0.717) is 5.82 Å². The molecule has 0 spiro atoms. The summed E-state index contributed by atoms with van der Waals surface area (Å²) in [4.78, 5) is 20.1. The molecular weight excluding hydrogens is 252 g/mol. The van der Waals surface area contributed by atoms with Crippen LogP contribution in [0.1, 0.15) is 11.4 Å². The number of likely N-dealkylation sites (N-methyl/N-ethyl adjacent to an activating group) is 1. The number of aromatic nitrogens is 2. The molecular formula is C13H13F2N3O. The van der Waals surface area contributed by atoms with Gasteiger partial charge in [0.05, 0.1) is 13.0 Å². The molecule has 19 heavy (non-hydrogen) atoms. The molecule has 0 atom stereocenters. The lowest BCUT2D eigenvalue weighted by molar-refractivity contribution is -0.129. The zero-order valence-electron chi connectivity index (χ0n) is 10.4. The van der Waals surface area contributed by atoms with Gasteiger partial charge in [-0.25, -0.2) is 13.8 Å². The number of halogens is 2. The van der Waals surface area contributed by atoms with Crippen LogP contribution in [0.4, 0.5) is 8.78 Å². The lowest BCUT2D eigenvalue weighted by Crippen LogP contribution is -2.28. The van der Waals surface area contributed by atoms with Crippen LogP contribution in [0.5, 0.6) is 0 Å². The van der Waals surface area contributed by atoms with Crippen LogP contribution in [-0.2, 0) is 17.8 Å². The van der Waals surface area contributed by atoms with E-state index in [-0.39, 0.29) is 24.4 Å². The highest BCUT2D eigenvalue weighted by Gasteiger charge is 2.16. The third-order valence-electron chi connectivity index (χ3n) is 2.76. The Balaban J connectivity index is 2.04. The van der Waals surface area contributed by atoms with Gasteiger partial charge in [-0.3, -0.25) is 4.79 Å². The van der Waals surface area contributed by atoms with Crippen molar-refractivity contribution in [3.05, 3.63) is 53.6 Å². The summed E-state index contributed by atoms with van der Waals surface area (Å²) in [6.45, 7) is 0.266. The van der Waals surface area contributed by atoms with E-state index in [1.165, 1.54) is 11.0 Å². The Kier molecular flexibility index (Phi) is 3.89. The highest BCUT2D eigenvalue weighted by atomic mass is 19.1. The maximum absolute atomic E-state index is 13.4. The minimum absolute atomic E-state index is 0.209. The van der Waals surface area contributed by atoms with Gasteiger partial charge in [0.1, 0.15) is 17.5 Å². The van der Waals surface area contributed by atoms with Crippen molar-refractivity contribution in [3.63, 3.8) is 0 Å². The highest BCUT2D eigenvalue weighted by Crippen LogP contribution is 2.13. The standard InChI is InChI=1S/C13H13F2N3O/c1-18(8-12-16-5-6-17-12)13(19)7-9-10(14)3-2-4-11(9)15/h2-6H,7-8H2,1H3,(H,16,17). The molecule has 1 heterocycles. The van der Waals surface area contributed by atoms with Gasteiger partial charge < -0.3 is 9.88 Å². The first-order valence-corrected chi connectivity index (χ1v) is 5.73. The highest BCUT2D eigenvalue weighted by molar-refractivity contribution is 5.78. The van der Waals surface area contributed by atoms with Crippen LogP contribution in [0.2, 0.25) is 0 Å². The van der Waals surface area contributed by atoms with E-state index in [9.17, 15) is 13.6 Å². The number of nitrogens with zero attached hydrogens (tertiary/aromatic N) is 2. The number of carbonyl (C=O) groups excluding carboxylic acids is 1. The number of amides is 1. The Labute approximate surface area is 109 Å². The van der Waals surface area contributed by atoms with Gasteiger partial charge in [-0.05, 0) is 12.1 Å². The molecule has 0 saturated heterocycles. The van der Waals surface area contributed by atoms with Gasteiger partial charge in [-0.2, -0.15) is 0 Å². The van der Waals surface area contributed by atoms with Gasteiger partial charge in [0, 0.05) is 25.0 Å². The average molecular weight is 265 g/mol. The first kappa shape index (κ1) is 13.2. The van der Waals surface area contributed by atoms with Crippen LogP contribution >= 0.6 is 0 Å². The Morgan fingerprint density at radius 1 is 1.37 bits per heavy atom. The Morgan fingerprint density at radius 2 is 2.05 bits per heavy atom. The van der Waals surface area contributed by atoms with Crippen LogP contribution in [-0.4, -0.2) is 27.8 Å². The Hall–Kier alpha value is -2.24. The van der Waals surface area contributed by atoms with Gasteiger partial charge in [0.25, 0.3) is 0 Å². The van der Waals surface area contributed by atoms with E-state index >= 15 is 0 Å². The van der Waals surface area contributed by atoms with Crippen LogP contribution in [0, 0.1) is 11.6 Å². The quantitative estimate of drug-likeness (QED) is 0.917. The summed E-state index contributed by atoms with van der Waals surface area (Å²) in [7, 11) is 1.56. The number of H-pyrrole nitrogens is 1. The van der Waals surface area contributed by atoms with Crippen LogP contribution in [0.3, 0.4) is 0 Å². The molecule has 0 unspecified atom stereocenters. The Bertz CT molecular complexity index is 549. The van der Waals surface area contributed by atoms with E-state index in [1.54, 1.807) is 19.4 Å². The minimum Gasteiger partial charge on any atom is -0.347 e. The fourth-order valence-electron chi connectivity index (χ4n) is 1.68. The molecule has 2 aromatic rings. The molecule has 0 bridgehead atoms. The molecule has 1 N–H and O–H groups in total. The summed E-state index contributed by atoms with van der Waals surface area (Å²) in [6, 6.07) is 3.54. The zero-order chi connectivity index (χ0) is 13.8. The molecule has 0 aliphatic carbocycles. The number of imidazole rings is 1. The lowest BCUT2D eigenvalue weighted by atomic mass is 10.1. The molecule has 0 aliphatic heterocycles. The topological polar surface area (TPSA) is 49.0 Å². The molecule has 0 radical (unpaired) electrons. The van der Waals surface area contributed by atoms with Gasteiger partial charge >= 0.3 is 0 Å². The smallest absolute Gasteiger partial charge is 0.227 e. The molecule has 0 fully saturated rings. The monoisotopic (exact) mass is 265 g/mol. The Morgan fingerprint density at radius 3 is 2.63 bits per heavy atom. The van der Waals surface area contributed by atoms with E-state index in [2.05, 4.69) is 9.97 Å². The fourth-order valence-corrected chi connectivity index (χ4v) is 1.68. The number of hydrogen-bond donors (Lipinski definition) is 1. The van der Waals surface area contributed by atoms with E-state index in [0.717, 1.165) is 12.1 Å². The first-order valence-electron chi connectivity index (χ1n) is 5.73. The van der Waals surface area contributed by atoms with E-state index in [1.807, 2.05) is 0 Å². The summed E-state index contributed by atoms with van der Waals surface area (Å²) in [5, 5.41) is 0. The van der Waals surface area contributed by atoms with Crippen molar-refractivity contribution in [2.24, 2.45) is 0 Å². The van der Waals surface area contributed by atoms with Crippen molar-refractivity contribution in [2.45, 2.75) is 13.0 Å². The second-order valence-electron chi connectivity index (χ2n) is 4.16. The lowest BCUT2D eigenvalue weighted by Gasteiger charge is -2.16. The molecule has 100 valence electrons. The van der Waals surface area contributed by atoms with Gasteiger partial charge in [0.15, 0.2) is 0 Å². The third-order valence-corrected chi connectivity index (χ3v) is 2.76. The fraction of sp³-hybridized carbons (Fsp3) is 0.231. The molecule has 2 rings (SSSR count). The van der Waals surface area contributed by atoms with Crippen LogP contribution in [0.15, 0.2) is 30.6 Å². The zero-order valence-corrected chi connectivity index (χ0v) is 10.4. The number of nitrogens with one attached hydrogen (secondary N) is 1. The maximum atomic E-state index is 13.4. The summed E-state index contributed by atoms with van der Waals surface area (Å²) in [5.74, 6) is -1.18. The number of rotatable bonds is 4. The van der Waals surface area contributed by atoms with E-state index in [4.69, 9.17) is 0 Å². The second-order valence-corrected chi connectivity index (χ2v) is 4.16. The third kappa shape index (κ3) is 3.15. The van der Waals surface area contributed by atoms with Crippen molar-refractivity contribution in [3.8, 4) is 0 Å². The predicted octanol–water partition coefficient (Wildman–Crippen LogP) is 1.89. The molecule has 4 nitrogen and oxygen atoms in total. The molecule has 1 aromatic carbocycles. The predicted molar refractivity (Wildman–Crippen MR) is 65.1 cm³/mol. The van der Waals surface area contributed by atoms with Gasteiger partial charge in [-0.15, -0.1) is 0 Å². The van der Waals surface area contributed by atoms with Crippen molar-refractivity contribution < 1.29 is 13.6 Å². The summed E-state index contributed by atoms with van der Waals surface area (Å²) >= 11 is 0. The van der Waals surface area contributed by atoms with Crippen molar-refractivity contribution >= 4 is 5.91 Å². The number of aromatic amines is 1. The first-order chi connectivity index (χ1) is 9.08. The largest absolute Gasteiger partial charge is 0.347 e. The SMILES string of the molecule is CN(Cc1ncc[nH]1)C(=O)Cc1c(F)cccc1F. The van der Waals surface area contributed by atoms with Gasteiger partial charge in [0.2, 0.25) is 5.91 Å². The molecule has 0 saturated carbocycles. The van der Waals surface area contributed by atoms with Crippen molar-refractivity contribution in [2.75, 3.05) is 7.05 Å². The van der Waals surface area contributed by atoms with E-state index < -0.39 is 11.6 Å². The molecule has 1 aromatic heterocycles. The minimum atomic E-state index is -0.709. The summed E-state index contributed by atoms with van der Waals surface area (Å²) < 4.78 is 26.8. The summed E-state index contributed by atoms with van der Waals surface area (Å²) in [6.07, 6.45) is 2.91. The molecule has 1 amide bonds. The van der Waals surface area contributed by atoms with Crippen LogP contribution < -0.4 is 0 Å². The normalized spacial score (nSPS) is 10.5. The number of benzene rings is 1. The molecule has 6 heteroatoms.